The minimum absolute atomic E-state index is 0.161. The first-order chi connectivity index (χ1) is 8.69. The Morgan fingerprint density at radius 2 is 2.39 bits per heavy atom. The van der Waals surface area contributed by atoms with E-state index in [1.165, 1.54) is 6.20 Å². The van der Waals surface area contributed by atoms with Gasteiger partial charge in [0, 0.05) is 19.5 Å². The number of nitrogens with zero attached hydrogens (tertiary/aromatic N) is 4. The Hall–Kier alpha value is -2.16. The average Bonchev–Trinajstić information content (AvgIpc) is 2.38. The quantitative estimate of drug-likeness (QED) is 0.857. The van der Waals surface area contributed by atoms with Crippen molar-refractivity contribution in [1.29, 1.82) is 5.26 Å². The fourth-order valence-electron chi connectivity index (χ4n) is 2.23. The second-order valence-corrected chi connectivity index (χ2v) is 4.42. The van der Waals surface area contributed by atoms with Gasteiger partial charge in [-0.05, 0) is 18.8 Å². The molecule has 1 fully saturated rings. The van der Waals surface area contributed by atoms with Crippen molar-refractivity contribution in [2.45, 2.75) is 19.3 Å². The highest BCUT2D eigenvalue weighted by atomic mass is 16.4. The highest BCUT2D eigenvalue weighted by Gasteiger charge is 2.22. The number of rotatable bonds is 3. The molecule has 1 saturated heterocycles. The van der Waals surface area contributed by atoms with Gasteiger partial charge in [0.25, 0.3) is 0 Å². The number of carbonyl (C=O) groups is 1. The Bertz CT molecular complexity index is 466. The standard InChI is InChI=1S/C12H14N4O2/c13-5-10-6-15-11(7-14-10)16-3-1-2-9(8-16)4-12(17)18/h6-7,9H,1-4,8H2,(H,17,18). The van der Waals surface area contributed by atoms with Gasteiger partial charge in [-0.25, -0.2) is 9.97 Å². The van der Waals surface area contributed by atoms with E-state index in [9.17, 15) is 4.79 Å². The maximum Gasteiger partial charge on any atom is 0.303 e. The maximum atomic E-state index is 10.7. The molecule has 1 aromatic rings. The van der Waals surface area contributed by atoms with Crippen LogP contribution in [0.2, 0.25) is 0 Å². The van der Waals surface area contributed by atoms with Crippen molar-refractivity contribution in [1.82, 2.24) is 9.97 Å². The van der Waals surface area contributed by atoms with Gasteiger partial charge in [0.15, 0.2) is 5.69 Å². The van der Waals surface area contributed by atoms with Gasteiger partial charge in [0.1, 0.15) is 11.9 Å². The van der Waals surface area contributed by atoms with Gasteiger partial charge in [-0.3, -0.25) is 4.79 Å². The summed E-state index contributed by atoms with van der Waals surface area (Å²) in [4.78, 5) is 20.9. The van der Waals surface area contributed by atoms with Gasteiger partial charge in [0.2, 0.25) is 0 Å². The van der Waals surface area contributed by atoms with Gasteiger partial charge in [-0.15, -0.1) is 0 Å². The largest absolute Gasteiger partial charge is 0.481 e. The zero-order valence-corrected chi connectivity index (χ0v) is 9.91. The Kier molecular flexibility index (Phi) is 3.72. The van der Waals surface area contributed by atoms with Crippen LogP contribution in [0.15, 0.2) is 12.4 Å². The first kappa shape index (κ1) is 12.3. The van der Waals surface area contributed by atoms with Crippen LogP contribution in [-0.2, 0) is 4.79 Å². The molecule has 2 rings (SSSR count). The third-order valence-electron chi connectivity index (χ3n) is 3.06. The Morgan fingerprint density at radius 1 is 1.56 bits per heavy atom. The maximum absolute atomic E-state index is 10.7. The lowest BCUT2D eigenvalue weighted by Crippen LogP contribution is -2.36. The van der Waals surface area contributed by atoms with Gasteiger partial charge >= 0.3 is 5.97 Å². The van der Waals surface area contributed by atoms with Crippen molar-refractivity contribution in [3.8, 4) is 6.07 Å². The zero-order chi connectivity index (χ0) is 13.0. The fourth-order valence-corrected chi connectivity index (χ4v) is 2.23. The third kappa shape index (κ3) is 2.94. The molecule has 1 aromatic heterocycles. The first-order valence-corrected chi connectivity index (χ1v) is 5.88. The summed E-state index contributed by atoms with van der Waals surface area (Å²) in [5.41, 5.74) is 0.290. The Balaban J connectivity index is 2.03. The van der Waals surface area contributed by atoms with Crippen molar-refractivity contribution in [2.24, 2.45) is 5.92 Å². The molecule has 2 heterocycles. The topological polar surface area (TPSA) is 90.1 Å². The third-order valence-corrected chi connectivity index (χ3v) is 3.06. The van der Waals surface area contributed by atoms with Crippen LogP contribution in [-0.4, -0.2) is 34.1 Å². The Labute approximate surface area is 105 Å². The summed E-state index contributed by atoms with van der Waals surface area (Å²) >= 11 is 0. The van der Waals surface area contributed by atoms with E-state index in [2.05, 4.69) is 9.97 Å². The van der Waals surface area contributed by atoms with E-state index >= 15 is 0 Å². The number of carboxylic acids is 1. The number of hydrogen-bond acceptors (Lipinski definition) is 5. The molecule has 0 spiro atoms. The lowest BCUT2D eigenvalue weighted by molar-refractivity contribution is -0.138. The number of hydrogen-bond donors (Lipinski definition) is 1. The number of aromatic nitrogens is 2. The van der Waals surface area contributed by atoms with E-state index in [0.29, 0.717) is 12.4 Å². The van der Waals surface area contributed by atoms with E-state index < -0.39 is 5.97 Å². The molecule has 0 radical (unpaired) electrons. The smallest absolute Gasteiger partial charge is 0.303 e. The molecular formula is C12H14N4O2. The molecule has 0 aliphatic carbocycles. The highest BCUT2D eigenvalue weighted by Crippen LogP contribution is 2.23. The van der Waals surface area contributed by atoms with Crippen LogP contribution >= 0.6 is 0 Å². The molecule has 0 amide bonds. The normalized spacial score (nSPS) is 19.3. The van der Waals surface area contributed by atoms with E-state index in [0.717, 1.165) is 19.4 Å². The van der Waals surface area contributed by atoms with Crippen molar-refractivity contribution in [3.05, 3.63) is 18.1 Å². The number of nitriles is 1. The minimum atomic E-state index is -0.757. The van der Waals surface area contributed by atoms with Crippen molar-refractivity contribution in [3.63, 3.8) is 0 Å². The summed E-state index contributed by atoms with van der Waals surface area (Å²) < 4.78 is 0. The highest BCUT2D eigenvalue weighted by molar-refractivity contribution is 5.67. The van der Waals surface area contributed by atoms with Crippen molar-refractivity contribution >= 4 is 11.8 Å². The van der Waals surface area contributed by atoms with Crippen LogP contribution in [0.1, 0.15) is 25.0 Å². The lowest BCUT2D eigenvalue weighted by atomic mass is 9.95. The van der Waals surface area contributed by atoms with E-state index in [-0.39, 0.29) is 18.0 Å². The average molecular weight is 246 g/mol. The van der Waals surface area contributed by atoms with Crippen LogP contribution in [0.3, 0.4) is 0 Å². The molecule has 0 bridgehead atoms. The number of aliphatic carboxylic acids is 1. The molecule has 6 heteroatoms. The zero-order valence-electron chi connectivity index (χ0n) is 9.91. The van der Waals surface area contributed by atoms with Crippen molar-refractivity contribution in [2.75, 3.05) is 18.0 Å². The first-order valence-electron chi connectivity index (χ1n) is 5.88. The molecule has 6 nitrogen and oxygen atoms in total. The molecule has 1 atom stereocenters. The molecule has 1 N–H and O–H groups in total. The summed E-state index contributed by atoms with van der Waals surface area (Å²) in [6.45, 7) is 1.55. The molecule has 0 saturated carbocycles. The molecule has 0 aromatic carbocycles. The summed E-state index contributed by atoms with van der Waals surface area (Å²) in [5, 5.41) is 17.5. The molecular weight excluding hydrogens is 232 g/mol. The lowest BCUT2D eigenvalue weighted by Gasteiger charge is -2.32. The van der Waals surface area contributed by atoms with E-state index in [1.807, 2.05) is 11.0 Å². The van der Waals surface area contributed by atoms with Gasteiger partial charge in [-0.1, -0.05) is 0 Å². The summed E-state index contributed by atoms with van der Waals surface area (Å²) in [6.07, 6.45) is 5.10. The predicted molar refractivity (Wildman–Crippen MR) is 63.9 cm³/mol. The second kappa shape index (κ2) is 5.45. The molecule has 18 heavy (non-hydrogen) atoms. The van der Waals surface area contributed by atoms with Gasteiger partial charge in [-0.2, -0.15) is 5.26 Å². The van der Waals surface area contributed by atoms with E-state index in [1.54, 1.807) is 6.20 Å². The van der Waals surface area contributed by atoms with E-state index in [4.69, 9.17) is 10.4 Å². The van der Waals surface area contributed by atoms with Crippen LogP contribution in [0.5, 0.6) is 0 Å². The van der Waals surface area contributed by atoms with Crippen molar-refractivity contribution < 1.29 is 9.90 Å². The van der Waals surface area contributed by atoms with Crippen LogP contribution in [0, 0.1) is 17.2 Å². The molecule has 1 aliphatic rings. The second-order valence-electron chi connectivity index (χ2n) is 4.42. The molecule has 1 unspecified atom stereocenters. The fraction of sp³-hybridized carbons (Fsp3) is 0.500. The van der Waals surface area contributed by atoms with Gasteiger partial charge in [0.05, 0.1) is 12.4 Å². The number of anilines is 1. The minimum Gasteiger partial charge on any atom is -0.481 e. The van der Waals surface area contributed by atoms with Crippen LogP contribution in [0.25, 0.3) is 0 Å². The number of carboxylic acid groups (broad SMARTS) is 1. The Morgan fingerprint density at radius 3 is 3.00 bits per heavy atom. The molecule has 1 aliphatic heterocycles. The predicted octanol–water partition coefficient (Wildman–Crippen LogP) is 1.04. The SMILES string of the molecule is N#Cc1cnc(N2CCCC(CC(=O)O)C2)cn1. The number of piperidine rings is 1. The summed E-state index contributed by atoms with van der Waals surface area (Å²) in [7, 11) is 0. The summed E-state index contributed by atoms with van der Waals surface area (Å²) in [5.74, 6) is 0.116. The monoisotopic (exact) mass is 246 g/mol. The molecule has 94 valence electrons. The van der Waals surface area contributed by atoms with Crippen LogP contribution < -0.4 is 4.90 Å². The van der Waals surface area contributed by atoms with Gasteiger partial charge < -0.3 is 10.0 Å². The summed E-state index contributed by atoms with van der Waals surface area (Å²) in [6, 6.07) is 1.92. The van der Waals surface area contributed by atoms with Crippen LogP contribution in [0.4, 0.5) is 5.82 Å².